The summed E-state index contributed by atoms with van der Waals surface area (Å²) in [6.45, 7) is 1.04. The predicted molar refractivity (Wildman–Crippen MR) is 57.8 cm³/mol. The fraction of sp³-hybridized carbons (Fsp3) is 0.182. The number of non-ortho nitro benzene ring substituents is 1. The topological polar surface area (TPSA) is 60.2 Å². The fourth-order valence-electron chi connectivity index (χ4n) is 1.23. The molecule has 0 atom stereocenters. The van der Waals surface area contributed by atoms with E-state index in [0.29, 0.717) is 0 Å². The second kappa shape index (κ2) is 4.99. The highest BCUT2D eigenvalue weighted by Gasteiger charge is 2.38. The van der Waals surface area contributed by atoms with Crippen molar-refractivity contribution in [3.63, 3.8) is 0 Å². The molecule has 0 amide bonds. The lowest BCUT2D eigenvalue weighted by Gasteiger charge is -2.04. The molecule has 0 heterocycles. The molecule has 0 spiro atoms. The molecule has 0 aliphatic heterocycles. The molecule has 0 unspecified atom stereocenters. The molecule has 4 nitrogen and oxygen atoms in total. The normalized spacial score (nSPS) is 12.3. The molecule has 0 aliphatic rings. The van der Waals surface area contributed by atoms with Crippen LogP contribution >= 0.6 is 0 Å². The van der Waals surface area contributed by atoms with Gasteiger partial charge >= 0.3 is 6.18 Å². The Balaban J connectivity index is 2.96. The van der Waals surface area contributed by atoms with Crippen molar-refractivity contribution in [2.24, 2.45) is 0 Å². The van der Waals surface area contributed by atoms with Crippen LogP contribution in [0.4, 0.5) is 18.9 Å². The van der Waals surface area contributed by atoms with E-state index in [9.17, 15) is 28.1 Å². The highest BCUT2D eigenvalue weighted by molar-refractivity contribution is 6.02. The Kier molecular flexibility index (Phi) is 3.85. The van der Waals surface area contributed by atoms with Crippen molar-refractivity contribution in [1.29, 1.82) is 0 Å². The van der Waals surface area contributed by atoms with Crippen LogP contribution in [0.5, 0.6) is 0 Å². The number of hydrogen-bond donors (Lipinski definition) is 0. The molecule has 0 bridgehead atoms. The van der Waals surface area contributed by atoms with Crippen LogP contribution in [0.2, 0.25) is 0 Å². The van der Waals surface area contributed by atoms with Gasteiger partial charge in [0.15, 0.2) is 0 Å². The van der Waals surface area contributed by atoms with Gasteiger partial charge in [-0.25, -0.2) is 0 Å². The molecule has 0 aromatic heterocycles. The van der Waals surface area contributed by atoms with Crippen LogP contribution in [-0.4, -0.2) is 16.9 Å². The lowest BCUT2D eigenvalue weighted by Crippen LogP contribution is -2.23. The van der Waals surface area contributed by atoms with E-state index in [0.717, 1.165) is 25.1 Å². The second-order valence-corrected chi connectivity index (χ2v) is 3.50. The number of Topliss-reactive ketones (excluding diaryl/α,β-unsaturated/α-hetero) is 1. The average Bonchev–Trinajstić information content (AvgIpc) is 2.27. The van der Waals surface area contributed by atoms with E-state index in [2.05, 4.69) is 0 Å². The molecule has 1 aromatic carbocycles. The van der Waals surface area contributed by atoms with Gasteiger partial charge in [0.05, 0.1) is 4.92 Å². The third kappa shape index (κ3) is 3.41. The Morgan fingerprint density at radius 3 is 2.17 bits per heavy atom. The van der Waals surface area contributed by atoms with Gasteiger partial charge in [0.25, 0.3) is 11.5 Å². The summed E-state index contributed by atoms with van der Waals surface area (Å²) in [5, 5.41) is 10.4. The van der Waals surface area contributed by atoms with E-state index in [1.165, 1.54) is 12.1 Å². The molecule has 0 N–H and O–H groups in total. The SMILES string of the molecule is C/C(=C\c1ccc([N+](=O)[O-])cc1)C(=O)C(F)(F)F. The standard InChI is InChI=1S/C11H8F3NO3/c1-7(10(16)11(12,13)14)6-8-2-4-9(5-3-8)15(17)18/h2-6H,1H3/b7-6+. The molecule has 0 aliphatic carbocycles. The number of alkyl halides is 3. The number of carbonyl (C=O) groups excluding carboxylic acids is 1. The fourth-order valence-corrected chi connectivity index (χ4v) is 1.23. The van der Waals surface area contributed by atoms with Crippen LogP contribution in [0.25, 0.3) is 6.08 Å². The highest BCUT2D eigenvalue weighted by atomic mass is 19.4. The summed E-state index contributed by atoms with van der Waals surface area (Å²) < 4.78 is 36.3. The summed E-state index contributed by atoms with van der Waals surface area (Å²) in [6, 6.07) is 4.84. The van der Waals surface area contributed by atoms with E-state index in [4.69, 9.17) is 0 Å². The molecule has 0 saturated carbocycles. The largest absolute Gasteiger partial charge is 0.454 e. The van der Waals surface area contributed by atoms with Gasteiger partial charge in [0.2, 0.25) is 0 Å². The van der Waals surface area contributed by atoms with E-state index >= 15 is 0 Å². The number of halogens is 3. The van der Waals surface area contributed by atoms with Crippen molar-refractivity contribution >= 4 is 17.5 Å². The minimum absolute atomic E-state index is 0.174. The van der Waals surface area contributed by atoms with E-state index in [1.54, 1.807) is 0 Å². The van der Waals surface area contributed by atoms with Gasteiger partial charge in [0.1, 0.15) is 0 Å². The first-order valence-corrected chi connectivity index (χ1v) is 4.76. The van der Waals surface area contributed by atoms with Crippen molar-refractivity contribution in [3.05, 3.63) is 45.5 Å². The summed E-state index contributed by atoms with van der Waals surface area (Å²) in [5.41, 5.74) is -0.362. The lowest BCUT2D eigenvalue weighted by atomic mass is 10.1. The smallest absolute Gasteiger partial charge is 0.284 e. The van der Waals surface area contributed by atoms with E-state index < -0.39 is 22.5 Å². The van der Waals surface area contributed by atoms with Crippen molar-refractivity contribution in [2.45, 2.75) is 13.1 Å². The van der Waals surface area contributed by atoms with E-state index in [1.807, 2.05) is 0 Å². The Labute approximate surface area is 99.9 Å². The summed E-state index contributed by atoms with van der Waals surface area (Å²) in [6.07, 6.45) is -3.89. The van der Waals surface area contributed by atoms with Crippen molar-refractivity contribution in [3.8, 4) is 0 Å². The number of carbonyl (C=O) groups is 1. The molecular weight excluding hydrogens is 251 g/mol. The molecule has 18 heavy (non-hydrogen) atoms. The zero-order valence-corrected chi connectivity index (χ0v) is 9.19. The Hall–Kier alpha value is -2.18. The van der Waals surface area contributed by atoms with E-state index in [-0.39, 0.29) is 11.3 Å². The van der Waals surface area contributed by atoms with Gasteiger partial charge in [-0.05, 0) is 30.7 Å². The summed E-state index contributed by atoms with van der Waals surface area (Å²) in [7, 11) is 0. The maximum atomic E-state index is 12.1. The molecule has 1 aromatic rings. The minimum Gasteiger partial charge on any atom is -0.284 e. The highest BCUT2D eigenvalue weighted by Crippen LogP contribution is 2.22. The zero-order valence-electron chi connectivity index (χ0n) is 9.19. The maximum Gasteiger partial charge on any atom is 0.454 e. The van der Waals surface area contributed by atoms with Gasteiger partial charge in [-0.3, -0.25) is 14.9 Å². The lowest BCUT2D eigenvalue weighted by molar-refractivity contribution is -0.384. The minimum atomic E-state index is -4.92. The first kappa shape index (κ1) is 13.9. The Morgan fingerprint density at radius 1 is 1.28 bits per heavy atom. The number of nitro groups is 1. The number of rotatable bonds is 3. The molecule has 7 heteroatoms. The number of nitrogens with zero attached hydrogens (tertiary/aromatic N) is 1. The quantitative estimate of drug-likeness (QED) is 0.476. The molecule has 0 fully saturated rings. The zero-order chi connectivity index (χ0) is 13.9. The third-order valence-corrected chi connectivity index (χ3v) is 2.10. The van der Waals surface area contributed by atoms with Crippen LogP contribution in [0.3, 0.4) is 0 Å². The van der Waals surface area contributed by atoms with Gasteiger partial charge in [-0.15, -0.1) is 0 Å². The number of ketones is 1. The van der Waals surface area contributed by atoms with Crippen molar-refractivity contribution in [2.75, 3.05) is 0 Å². The average molecular weight is 259 g/mol. The molecule has 1 rings (SSSR count). The summed E-state index contributed by atoms with van der Waals surface area (Å²) in [4.78, 5) is 20.6. The third-order valence-electron chi connectivity index (χ3n) is 2.10. The predicted octanol–water partition coefficient (Wildman–Crippen LogP) is 3.13. The second-order valence-electron chi connectivity index (χ2n) is 3.50. The molecule has 0 radical (unpaired) electrons. The van der Waals surface area contributed by atoms with Gasteiger partial charge in [-0.2, -0.15) is 13.2 Å². The number of benzene rings is 1. The number of hydrogen-bond acceptors (Lipinski definition) is 3. The van der Waals surface area contributed by atoms with Crippen LogP contribution in [-0.2, 0) is 4.79 Å². The first-order chi connectivity index (χ1) is 8.21. The van der Waals surface area contributed by atoms with Gasteiger partial charge in [-0.1, -0.05) is 0 Å². The van der Waals surface area contributed by atoms with Crippen LogP contribution in [0, 0.1) is 10.1 Å². The summed E-state index contributed by atoms with van der Waals surface area (Å²) in [5.74, 6) is -1.93. The van der Waals surface area contributed by atoms with Gasteiger partial charge in [0, 0.05) is 17.7 Å². The van der Waals surface area contributed by atoms with Crippen molar-refractivity contribution in [1.82, 2.24) is 0 Å². The summed E-state index contributed by atoms with van der Waals surface area (Å²) >= 11 is 0. The molecule has 96 valence electrons. The monoisotopic (exact) mass is 259 g/mol. The van der Waals surface area contributed by atoms with Crippen LogP contribution in [0.1, 0.15) is 12.5 Å². The Morgan fingerprint density at radius 2 is 1.78 bits per heavy atom. The molecule has 0 saturated heterocycles. The van der Waals surface area contributed by atoms with Crippen LogP contribution < -0.4 is 0 Å². The Bertz CT molecular complexity index is 503. The number of allylic oxidation sites excluding steroid dienone is 1. The first-order valence-electron chi connectivity index (χ1n) is 4.76. The number of nitro benzene ring substituents is 1. The van der Waals surface area contributed by atoms with Crippen molar-refractivity contribution < 1.29 is 22.9 Å². The molecular formula is C11H8F3NO3. The van der Waals surface area contributed by atoms with Crippen LogP contribution in [0.15, 0.2) is 29.8 Å². The van der Waals surface area contributed by atoms with Gasteiger partial charge < -0.3 is 0 Å². The maximum absolute atomic E-state index is 12.1.